The van der Waals surface area contributed by atoms with Crippen molar-refractivity contribution in [2.45, 2.75) is 56.7 Å². The van der Waals surface area contributed by atoms with Crippen molar-refractivity contribution in [3.05, 3.63) is 24.3 Å². The number of fused-ring (bicyclic) bond motifs is 2. The van der Waals surface area contributed by atoms with Gasteiger partial charge in [0.05, 0.1) is 0 Å². The average molecular weight is 301 g/mol. The smallest absolute Gasteiger partial charge is 0.486 e. The van der Waals surface area contributed by atoms with Gasteiger partial charge in [-0.25, -0.2) is 0 Å². The van der Waals surface area contributed by atoms with Crippen LogP contribution in [0.4, 0.5) is 13.2 Å². The van der Waals surface area contributed by atoms with Crippen molar-refractivity contribution in [1.82, 2.24) is 5.32 Å². The van der Waals surface area contributed by atoms with Crippen LogP contribution in [-0.4, -0.2) is 24.6 Å². The Morgan fingerprint density at radius 1 is 1.00 bits per heavy atom. The highest BCUT2D eigenvalue weighted by Gasteiger charge is 2.35. The predicted molar refractivity (Wildman–Crippen MR) is 71.3 cm³/mol. The average Bonchev–Trinajstić information content (AvgIpc) is 2.39. The molecule has 1 N–H and O–H groups in total. The van der Waals surface area contributed by atoms with Crippen molar-refractivity contribution in [2.24, 2.45) is 0 Å². The zero-order valence-corrected chi connectivity index (χ0v) is 11.5. The lowest BCUT2D eigenvalue weighted by atomic mass is 9.85. The zero-order valence-electron chi connectivity index (χ0n) is 11.5. The van der Waals surface area contributed by atoms with Crippen LogP contribution >= 0.6 is 0 Å². The minimum Gasteiger partial charge on any atom is -0.486 e. The SMILES string of the molecule is FC(F)(F)Oc1ccccc1O[C@@H]1C[C@H]2CCC[C@@H](C1)N2. The topological polar surface area (TPSA) is 30.5 Å². The number of hydrogen-bond donors (Lipinski definition) is 1. The Balaban J connectivity index is 1.70. The minimum atomic E-state index is -4.70. The molecule has 3 rings (SSSR count). The summed E-state index contributed by atoms with van der Waals surface area (Å²) in [7, 11) is 0. The van der Waals surface area contributed by atoms with Crippen molar-refractivity contribution < 1.29 is 22.6 Å². The Kier molecular flexibility index (Phi) is 3.97. The van der Waals surface area contributed by atoms with E-state index in [1.165, 1.54) is 24.6 Å². The monoisotopic (exact) mass is 301 g/mol. The van der Waals surface area contributed by atoms with Crippen LogP contribution in [0.5, 0.6) is 11.5 Å². The summed E-state index contributed by atoms with van der Waals surface area (Å²) in [4.78, 5) is 0. The Morgan fingerprint density at radius 2 is 1.62 bits per heavy atom. The standard InChI is InChI=1S/C15H18F3NO2/c16-15(17,18)21-14-7-2-1-6-13(14)20-12-8-10-4-3-5-11(9-12)19-10/h1-2,6-7,10-12,19H,3-5,8-9H2/t10-,11+,12-. The molecule has 0 aromatic heterocycles. The molecule has 2 saturated heterocycles. The van der Waals surface area contributed by atoms with Crippen LogP contribution in [-0.2, 0) is 0 Å². The molecule has 0 amide bonds. The Morgan fingerprint density at radius 3 is 2.24 bits per heavy atom. The molecular weight excluding hydrogens is 283 g/mol. The number of hydrogen-bond acceptors (Lipinski definition) is 3. The number of alkyl halides is 3. The Bertz CT molecular complexity index is 480. The highest BCUT2D eigenvalue weighted by atomic mass is 19.4. The number of para-hydroxylation sites is 2. The Labute approximate surface area is 121 Å². The number of rotatable bonds is 3. The fourth-order valence-corrected chi connectivity index (χ4v) is 3.25. The van der Waals surface area contributed by atoms with Crippen molar-refractivity contribution in [3.63, 3.8) is 0 Å². The molecule has 0 saturated carbocycles. The fourth-order valence-electron chi connectivity index (χ4n) is 3.25. The molecule has 2 fully saturated rings. The van der Waals surface area contributed by atoms with E-state index in [-0.39, 0.29) is 17.6 Å². The summed E-state index contributed by atoms with van der Waals surface area (Å²) >= 11 is 0. The number of nitrogens with one attached hydrogen (secondary N) is 1. The second-order valence-corrected chi connectivity index (χ2v) is 5.70. The fraction of sp³-hybridized carbons (Fsp3) is 0.600. The van der Waals surface area contributed by atoms with Gasteiger partial charge in [0.2, 0.25) is 0 Å². The van der Waals surface area contributed by atoms with Gasteiger partial charge < -0.3 is 14.8 Å². The third-order valence-corrected chi connectivity index (χ3v) is 4.04. The highest BCUT2D eigenvalue weighted by Crippen LogP contribution is 2.35. The van der Waals surface area contributed by atoms with Gasteiger partial charge in [-0.05, 0) is 37.8 Å². The molecule has 21 heavy (non-hydrogen) atoms. The van der Waals surface area contributed by atoms with Crippen LogP contribution < -0.4 is 14.8 Å². The molecule has 2 heterocycles. The lowest BCUT2D eigenvalue weighted by molar-refractivity contribution is -0.275. The molecule has 0 aliphatic carbocycles. The van der Waals surface area contributed by atoms with E-state index in [0.717, 1.165) is 25.7 Å². The van der Waals surface area contributed by atoms with Crippen molar-refractivity contribution in [3.8, 4) is 11.5 Å². The largest absolute Gasteiger partial charge is 0.573 e. The van der Waals surface area contributed by atoms with Gasteiger partial charge in [-0.3, -0.25) is 0 Å². The maximum Gasteiger partial charge on any atom is 0.573 e. The number of halogens is 3. The van der Waals surface area contributed by atoms with Crippen LogP contribution in [0, 0.1) is 0 Å². The normalized spacial score (nSPS) is 29.0. The lowest BCUT2D eigenvalue weighted by Crippen LogP contribution is -2.51. The van der Waals surface area contributed by atoms with E-state index in [1.807, 2.05) is 0 Å². The molecular formula is C15H18F3NO2. The third kappa shape index (κ3) is 3.81. The van der Waals surface area contributed by atoms with Gasteiger partial charge in [0.1, 0.15) is 6.10 Å². The lowest BCUT2D eigenvalue weighted by Gasteiger charge is -2.40. The van der Waals surface area contributed by atoms with Gasteiger partial charge in [-0.1, -0.05) is 18.6 Å². The molecule has 2 aliphatic rings. The molecule has 6 heteroatoms. The van der Waals surface area contributed by atoms with E-state index in [0.29, 0.717) is 12.1 Å². The minimum absolute atomic E-state index is 0.0560. The first-order valence-electron chi connectivity index (χ1n) is 7.27. The van der Waals surface area contributed by atoms with E-state index in [9.17, 15) is 13.2 Å². The molecule has 116 valence electrons. The van der Waals surface area contributed by atoms with E-state index < -0.39 is 6.36 Å². The van der Waals surface area contributed by atoms with Gasteiger partial charge in [0, 0.05) is 12.1 Å². The van der Waals surface area contributed by atoms with Gasteiger partial charge >= 0.3 is 6.36 Å². The van der Waals surface area contributed by atoms with Crippen LogP contribution in [0.1, 0.15) is 32.1 Å². The van der Waals surface area contributed by atoms with E-state index in [1.54, 1.807) is 6.07 Å². The Hall–Kier alpha value is -1.43. The summed E-state index contributed by atoms with van der Waals surface area (Å²) in [6.07, 6.45) is 0.328. The van der Waals surface area contributed by atoms with Gasteiger partial charge in [-0.15, -0.1) is 13.2 Å². The highest BCUT2D eigenvalue weighted by molar-refractivity contribution is 5.39. The van der Waals surface area contributed by atoms with Crippen LogP contribution in [0.25, 0.3) is 0 Å². The summed E-state index contributed by atoms with van der Waals surface area (Å²) in [5, 5.41) is 3.53. The molecule has 0 radical (unpaired) electrons. The summed E-state index contributed by atoms with van der Waals surface area (Å²) in [6.45, 7) is 0. The van der Waals surface area contributed by atoms with Crippen LogP contribution in [0.15, 0.2) is 24.3 Å². The quantitative estimate of drug-likeness (QED) is 0.924. The number of ether oxygens (including phenoxy) is 2. The van der Waals surface area contributed by atoms with Crippen molar-refractivity contribution in [2.75, 3.05) is 0 Å². The molecule has 3 atom stereocenters. The van der Waals surface area contributed by atoms with E-state index in [4.69, 9.17) is 4.74 Å². The van der Waals surface area contributed by atoms with Crippen LogP contribution in [0.2, 0.25) is 0 Å². The first-order chi connectivity index (χ1) is 9.99. The van der Waals surface area contributed by atoms with Gasteiger partial charge in [-0.2, -0.15) is 0 Å². The van der Waals surface area contributed by atoms with Crippen molar-refractivity contribution >= 4 is 0 Å². The first-order valence-corrected chi connectivity index (χ1v) is 7.27. The first kappa shape index (κ1) is 14.5. The van der Waals surface area contributed by atoms with Crippen molar-refractivity contribution in [1.29, 1.82) is 0 Å². The predicted octanol–water partition coefficient (Wildman–Crippen LogP) is 3.64. The zero-order chi connectivity index (χ0) is 14.9. The van der Waals surface area contributed by atoms with E-state index in [2.05, 4.69) is 10.1 Å². The molecule has 1 aromatic carbocycles. The second kappa shape index (κ2) is 5.75. The van der Waals surface area contributed by atoms with Gasteiger partial charge in [0.25, 0.3) is 0 Å². The number of piperidine rings is 2. The molecule has 3 nitrogen and oxygen atoms in total. The number of benzene rings is 1. The van der Waals surface area contributed by atoms with Crippen LogP contribution in [0.3, 0.4) is 0 Å². The molecule has 2 bridgehead atoms. The maximum atomic E-state index is 12.4. The van der Waals surface area contributed by atoms with E-state index >= 15 is 0 Å². The molecule has 0 spiro atoms. The molecule has 0 unspecified atom stereocenters. The summed E-state index contributed by atoms with van der Waals surface area (Å²) in [5.41, 5.74) is 0. The summed E-state index contributed by atoms with van der Waals surface area (Å²) in [5.74, 6) is -0.103. The molecule has 2 aliphatic heterocycles. The second-order valence-electron chi connectivity index (χ2n) is 5.70. The molecule has 1 aromatic rings. The summed E-state index contributed by atoms with van der Waals surface area (Å²) < 4.78 is 47.0. The van der Waals surface area contributed by atoms with Gasteiger partial charge in [0.15, 0.2) is 11.5 Å². The summed E-state index contributed by atoms with van der Waals surface area (Å²) in [6, 6.07) is 6.80. The maximum absolute atomic E-state index is 12.4. The third-order valence-electron chi connectivity index (χ3n) is 4.04.